The van der Waals surface area contributed by atoms with E-state index >= 15 is 0 Å². The molecule has 27 heavy (non-hydrogen) atoms. The first-order valence-corrected chi connectivity index (χ1v) is 9.84. The molecule has 0 spiro atoms. The van der Waals surface area contributed by atoms with Gasteiger partial charge in [0.15, 0.2) is 0 Å². The first kappa shape index (κ1) is 19.5. The summed E-state index contributed by atoms with van der Waals surface area (Å²) in [6, 6.07) is 2.58. The summed E-state index contributed by atoms with van der Waals surface area (Å²) in [6.45, 7) is 12.0. The van der Waals surface area contributed by atoms with Gasteiger partial charge in [-0.3, -0.25) is 9.88 Å². The van der Waals surface area contributed by atoms with E-state index in [1.807, 2.05) is 6.92 Å². The van der Waals surface area contributed by atoms with E-state index in [0.717, 1.165) is 55.6 Å². The maximum absolute atomic E-state index is 11.6. The normalized spacial score (nSPS) is 15.9. The number of piperidine rings is 1. The summed E-state index contributed by atoms with van der Waals surface area (Å²) >= 11 is 0. The zero-order chi connectivity index (χ0) is 19.6. The third kappa shape index (κ3) is 4.55. The van der Waals surface area contributed by atoms with Crippen LogP contribution in [0.4, 0.5) is 5.82 Å². The summed E-state index contributed by atoms with van der Waals surface area (Å²) in [6.07, 6.45) is 2.15. The van der Waals surface area contributed by atoms with Crippen molar-refractivity contribution in [1.82, 2.24) is 29.6 Å². The first-order valence-electron chi connectivity index (χ1n) is 9.84. The maximum atomic E-state index is 11.6. The van der Waals surface area contributed by atoms with Gasteiger partial charge in [-0.25, -0.2) is 19.4 Å². The van der Waals surface area contributed by atoms with Crippen LogP contribution in [0.5, 0.6) is 0 Å². The third-order valence-electron chi connectivity index (χ3n) is 5.25. The lowest BCUT2D eigenvalue weighted by Gasteiger charge is -2.38. The fourth-order valence-corrected chi connectivity index (χ4v) is 3.67. The van der Waals surface area contributed by atoms with E-state index in [1.165, 1.54) is 4.68 Å². The predicted molar refractivity (Wildman–Crippen MR) is 106 cm³/mol. The van der Waals surface area contributed by atoms with Gasteiger partial charge in [-0.15, -0.1) is 0 Å². The summed E-state index contributed by atoms with van der Waals surface area (Å²) in [5.74, 6) is 3.03. The number of hydrogen-bond donors (Lipinski definition) is 1. The number of aromatic nitrogens is 5. The van der Waals surface area contributed by atoms with Crippen molar-refractivity contribution in [2.45, 2.75) is 59.0 Å². The molecule has 0 aromatic carbocycles. The van der Waals surface area contributed by atoms with Crippen LogP contribution in [-0.2, 0) is 13.6 Å². The van der Waals surface area contributed by atoms with Crippen molar-refractivity contribution in [3.8, 4) is 0 Å². The van der Waals surface area contributed by atoms with Crippen molar-refractivity contribution >= 4 is 5.82 Å². The molecule has 0 unspecified atom stereocenters. The van der Waals surface area contributed by atoms with Crippen LogP contribution in [0.25, 0.3) is 0 Å². The second kappa shape index (κ2) is 8.21. The average Bonchev–Trinajstić information content (AvgIpc) is 2.96. The molecule has 1 N–H and O–H groups in total. The van der Waals surface area contributed by atoms with Crippen molar-refractivity contribution in [2.24, 2.45) is 7.05 Å². The Morgan fingerprint density at radius 2 is 2.00 bits per heavy atom. The van der Waals surface area contributed by atoms with Gasteiger partial charge < -0.3 is 4.90 Å². The van der Waals surface area contributed by atoms with Gasteiger partial charge in [0.05, 0.1) is 6.54 Å². The summed E-state index contributed by atoms with van der Waals surface area (Å²) in [5, 5.41) is 4.27. The molecule has 148 valence electrons. The molecule has 1 aliphatic rings. The van der Waals surface area contributed by atoms with Crippen LogP contribution in [0, 0.1) is 6.92 Å². The van der Waals surface area contributed by atoms with Gasteiger partial charge in [-0.05, 0) is 26.3 Å². The summed E-state index contributed by atoms with van der Waals surface area (Å²) in [5.41, 5.74) is 0.871. The van der Waals surface area contributed by atoms with Gasteiger partial charge in [0.2, 0.25) is 0 Å². The molecule has 0 atom stereocenters. The van der Waals surface area contributed by atoms with Crippen molar-refractivity contribution in [3.63, 3.8) is 0 Å². The van der Waals surface area contributed by atoms with Crippen LogP contribution in [0.2, 0.25) is 0 Å². The van der Waals surface area contributed by atoms with Gasteiger partial charge in [0, 0.05) is 43.9 Å². The Morgan fingerprint density at radius 3 is 2.56 bits per heavy atom. The summed E-state index contributed by atoms with van der Waals surface area (Å²) < 4.78 is 1.36. The Labute approximate surface area is 160 Å². The van der Waals surface area contributed by atoms with E-state index in [0.29, 0.717) is 18.5 Å². The van der Waals surface area contributed by atoms with E-state index in [9.17, 15) is 4.79 Å². The number of anilines is 1. The molecule has 0 saturated carbocycles. The molecule has 0 aliphatic carbocycles. The van der Waals surface area contributed by atoms with Crippen LogP contribution in [0.1, 0.15) is 56.9 Å². The Bertz CT molecular complexity index is 818. The second-order valence-electron chi connectivity index (χ2n) is 7.66. The smallest absolute Gasteiger partial charge is 0.343 e. The van der Waals surface area contributed by atoms with Crippen LogP contribution < -0.4 is 10.6 Å². The largest absolute Gasteiger partial charge is 0.356 e. The van der Waals surface area contributed by atoms with Gasteiger partial charge in [0.25, 0.3) is 0 Å². The molecule has 1 fully saturated rings. The molecule has 0 radical (unpaired) electrons. The quantitative estimate of drug-likeness (QED) is 0.832. The second-order valence-corrected chi connectivity index (χ2v) is 7.66. The lowest BCUT2D eigenvalue weighted by atomic mass is 10.0. The Morgan fingerprint density at radius 1 is 1.30 bits per heavy atom. The topological polar surface area (TPSA) is 82.9 Å². The van der Waals surface area contributed by atoms with Gasteiger partial charge >= 0.3 is 5.69 Å². The number of nitrogens with one attached hydrogen (secondary N) is 1. The molecule has 3 heterocycles. The highest BCUT2D eigenvalue weighted by Crippen LogP contribution is 2.23. The van der Waals surface area contributed by atoms with Gasteiger partial charge in [-0.2, -0.15) is 5.10 Å². The first-order chi connectivity index (χ1) is 12.9. The molecule has 0 amide bonds. The van der Waals surface area contributed by atoms with E-state index in [-0.39, 0.29) is 5.69 Å². The van der Waals surface area contributed by atoms with Gasteiger partial charge in [-0.1, -0.05) is 20.8 Å². The van der Waals surface area contributed by atoms with Crippen molar-refractivity contribution < 1.29 is 0 Å². The van der Waals surface area contributed by atoms with Crippen molar-refractivity contribution in [1.29, 1.82) is 0 Å². The molecular weight excluding hydrogens is 342 g/mol. The Kier molecular flexibility index (Phi) is 5.94. The van der Waals surface area contributed by atoms with Crippen molar-refractivity contribution in [3.05, 3.63) is 33.9 Å². The zero-order valence-electron chi connectivity index (χ0n) is 17.1. The summed E-state index contributed by atoms with van der Waals surface area (Å²) in [7, 11) is 1.67. The van der Waals surface area contributed by atoms with E-state index in [1.54, 1.807) is 7.05 Å². The zero-order valence-corrected chi connectivity index (χ0v) is 17.1. The SMILES string of the molecule is CCN(Cc1nn(C)c(=O)[nH]1)C1CCN(c2cc(C)nc(C(C)C)n2)CC1. The molecule has 2 aromatic heterocycles. The lowest BCUT2D eigenvalue weighted by Crippen LogP contribution is -2.45. The molecule has 3 rings (SSSR count). The molecule has 1 saturated heterocycles. The van der Waals surface area contributed by atoms with Crippen molar-refractivity contribution in [2.75, 3.05) is 24.5 Å². The predicted octanol–water partition coefficient (Wildman–Crippen LogP) is 1.82. The molecule has 0 bridgehead atoms. The maximum Gasteiger partial charge on any atom is 0.343 e. The molecule has 2 aromatic rings. The van der Waals surface area contributed by atoms with E-state index in [2.05, 4.69) is 51.7 Å². The number of H-pyrrole nitrogens is 1. The highest BCUT2D eigenvalue weighted by atomic mass is 16.1. The van der Waals surface area contributed by atoms with Gasteiger partial charge in [0.1, 0.15) is 17.5 Å². The molecule has 1 aliphatic heterocycles. The standard InChI is InChI=1S/C19H31N7O/c1-6-25(12-16-21-19(27)24(5)23-16)15-7-9-26(10-8-15)17-11-14(4)20-18(22-17)13(2)3/h11,13,15H,6-10,12H2,1-5H3,(H,21,23,27). The number of aromatic amines is 1. The fraction of sp³-hybridized carbons (Fsp3) is 0.684. The number of hydrogen-bond acceptors (Lipinski definition) is 6. The van der Waals surface area contributed by atoms with Crippen LogP contribution >= 0.6 is 0 Å². The number of aryl methyl sites for hydroxylation is 2. The van der Waals surface area contributed by atoms with E-state index in [4.69, 9.17) is 4.98 Å². The fourth-order valence-electron chi connectivity index (χ4n) is 3.67. The molecule has 8 nitrogen and oxygen atoms in total. The minimum Gasteiger partial charge on any atom is -0.356 e. The van der Waals surface area contributed by atoms with Crippen LogP contribution in [0.15, 0.2) is 10.9 Å². The Balaban J connectivity index is 1.64. The Hall–Kier alpha value is -2.22. The minimum atomic E-state index is -0.157. The highest BCUT2D eigenvalue weighted by Gasteiger charge is 2.25. The molecular formula is C19H31N7O. The molecule has 8 heteroatoms. The minimum absolute atomic E-state index is 0.157. The third-order valence-corrected chi connectivity index (χ3v) is 5.25. The lowest BCUT2D eigenvalue weighted by molar-refractivity contribution is 0.165. The van der Waals surface area contributed by atoms with Crippen LogP contribution in [-0.4, -0.2) is 55.3 Å². The number of nitrogens with zero attached hydrogens (tertiary/aromatic N) is 6. The number of rotatable bonds is 6. The highest BCUT2D eigenvalue weighted by molar-refractivity contribution is 5.40. The summed E-state index contributed by atoms with van der Waals surface area (Å²) in [4.78, 5) is 28.5. The monoisotopic (exact) mass is 373 g/mol. The average molecular weight is 374 g/mol. The van der Waals surface area contributed by atoms with E-state index < -0.39 is 0 Å². The van der Waals surface area contributed by atoms with Crippen LogP contribution in [0.3, 0.4) is 0 Å².